The number of hydrogen-bond donors (Lipinski definition) is 1. The van der Waals surface area contributed by atoms with Gasteiger partial charge in [-0.1, -0.05) is 18.1 Å². The van der Waals surface area contributed by atoms with E-state index in [4.69, 9.17) is 5.53 Å². The Balaban J connectivity index is 2.83. The van der Waals surface area contributed by atoms with E-state index in [1.807, 2.05) is 6.92 Å². The third-order valence-electron chi connectivity index (χ3n) is 1.85. The Morgan fingerprint density at radius 1 is 1.64 bits per heavy atom. The van der Waals surface area contributed by atoms with Gasteiger partial charge in [-0.05, 0) is 24.1 Å². The van der Waals surface area contributed by atoms with Crippen molar-refractivity contribution in [3.63, 3.8) is 0 Å². The molecule has 1 N–H and O–H groups in total. The number of nitrogens with zero attached hydrogens (tertiary/aromatic N) is 4. The summed E-state index contributed by atoms with van der Waals surface area (Å²) in [5, 5.41) is 12.9. The van der Waals surface area contributed by atoms with Gasteiger partial charge in [0.25, 0.3) is 0 Å². The van der Waals surface area contributed by atoms with E-state index in [2.05, 4.69) is 15.0 Å². The average Bonchev–Trinajstić information content (AvgIpc) is 2.25. The second kappa shape index (κ2) is 5.21. The molecular formula is C9H12N4O. The number of aliphatic hydroxyl groups excluding tert-OH is 1. The third-order valence-corrected chi connectivity index (χ3v) is 1.85. The lowest BCUT2D eigenvalue weighted by atomic mass is 10.2. The lowest BCUT2D eigenvalue weighted by Crippen LogP contribution is -2.00. The van der Waals surface area contributed by atoms with E-state index in [0.717, 1.165) is 0 Å². The maximum absolute atomic E-state index is 9.51. The fourth-order valence-electron chi connectivity index (χ4n) is 1.08. The number of aromatic nitrogens is 1. The van der Waals surface area contributed by atoms with Crippen LogP contribution in [0.25, 0.3) is 10.4 Å². The van der Waals surface area contributed by atoms with Gasteiger partial charge in [-0.3, -0.25) is 4.98 Å². The molecule has 5 heteroatoms. The minimum Gasteiger partial charge on any atom is -0.387 e. The Morgan fingerprint density at radius 2 is 2.43 bits per heavy atom. The topological polar surface area (TPSA) is 81.9 Å². The molecule has 0 aliphatic carbocycles. The van der Waals surface area contributed by atoms with Crippen molar-refractivity contribution in [3.05, 3.63) is 40.0 Å². The fraction of sp³-hybridized carbons (Fsp3) is 0.444. The number of pyridine rings is 1. The first-order chi connectivity index (χ1) is 6.77. The van der Waals surface area contributed by atoms with Crippen LogP contribution in [0.5, 0.6) is 0 Å². The van der Waals surface area contributed by atoms with Crippen molar-refractivity contribution in [2.45, 2.75) is 26.0 Å². The minimum atomic E-state index is -0.541. The molecule has 1 unspecified atom stereocenters. The van der Waals surface area contributed by atoms with E-state index in [0.29, 0.717) is 17.8 Å². The van der Waals surface area contributed by atoms with Gasteiger partial charge >= 0.3 is 0 Å². The van der Waals surface area contributed by atoms with E-state index >= 15 is 0 Å². The van der Waals surface area contributed by atoms with E-state index in [1.165, 1.54) is 0 Å². The highest BCUT2D eigenvalue weighted by Gasteiger charge is 2.05. The van der Waals surface area contributed by atoms with Gasteiger partial charge in [-0.15, -0.1) is 0 Å². The summed E-state index contributed by atoms with van der Waals surface area (Å²) in [7, 11) is 0. The summed E-state index contributed by atoms with van der Waals surface area (Å²) in [5.74, 6) is 0. The first-order valence-corrected chi connectivity index (χ1v) is 4.42. The Hall–Kier alpha value is -1.58. The van der Waals surface area contributed by atoms with Gasteiger partial charge in [0.1, 0.15) is 0 Å². The van der Waals surface area contributed by atoms with Crippen LogP contribution in [0, 0.1) is 0 Å². The molecule has 0 aliphatic rings. The molecule has 1 heterocycles. The van der Waals surface area contributed by atoms with Gasteiger partial charge in [-0.2, -0.15) is 0 Å². The zero-order valence-electron chi connectivity index (χ0n) is 7.96. The molecule has 5 nitrogen and oxygen atoms in total. The van der Waals surface area contributed by atoms with Crippen molar-refractivity contribution in [3.8, 4) is 0 Å². The van der Waals surface area contributed by atoms with Crippen LogP contribution in [0.4, 0.5) is 0 Å². The van der Waals surface area contributed by atoms with Crippen LogP contribution in [0.2, 0.25) is 0 Å². The third kappa shape index (κ3) is 2.73. The van der Waals surface area contributed by atoms with Gasteiger partial charge in [0.2, 0.25) is 0 Å². The molecule has 1 rings (SSSR count). The van der Waals surface area contributed by atoms with Crippen molar-refractivity contribution in [1.29, 1.82) is 0 Å². The number of aliphatic hydroxyl groups is 1. The average molecular weight is 192 g/mol. The molecule has 0 aromatic carbocycles. The van der Waals surface area contributed by atoms with Crippen molar-refractivity contribution >= 4 is 0 Å². The zero-order valence-corrected chi connectivity index (χ0v) is 7.96. The Morgan fingerprint density at radius 3 is 3.07 bits per heavy atom. The predicted molar refractivity (Wildman–Crippen MR) is 52.3 cm³/mol. The van der Waals surface area contributed by atoms with Gasteiger partial charge in [0.15, 0.2) is 0 Å². The van der Waals surface area contributed by atoms with Crippen LogP contribution in [-0.4, -0.2) is 10.1 Å². The molecule has 1 aromatic rings. The van der Waals surface area contributed by atoms with Crippen molar-refractivity contribution < 1.29 is 5.11 Å². The normalized spacial score (nSPS) is 11.9. The van der Waals surface area contributed by atoms with Gasteiger partial charge in [0, 0.05) is 10.6 Å². The largest absolute Gasteiger partial charge is 0.387 e. The Bertz CT molecular complexity index is 346. The van der Waals surface area contributed by atoms with Crippen molar-refractivity contribution in [1.82, 2.24) is 4.98 Å². The second-order valence-corrected chi connectivity index (χ2v) is 2.87. The predicted octanol–water partition coefficient (Wildman–Crippen LogP) is 2.34. The number of azide groups is 1. The molecule has 0 bridgehead atoms. The molecular weight excluding hydrogens is 180 g/mol. The zero-order chi connectivity index (χ0) is 10.4. The van der Waals surface area contributed by atoms with Crippen LogP contribution in [0.3, 0.4) is 0 Å². The van der Waals surface area contributed by atoms with Gasteiger partial charge in [0.05, 0.1) is 18.3 Å². The fourth-order valence-corrected chi connectivity index (χ4v) is 1.08. The van der Waals surface area contributed by atoms with Crippen molar-refractivity contribution in [2.75, 3.05) is 0 Å². The molecule has 0 amide bonds. The molecule has 74 valence electrons. The SMILES string of the molecule is CCC(O)c1cccc(CN=[N+]=[N-])n1. The summed E-state index contributed by atoms with van der Waals surface area (Å²) in [4.78, 5) is 6.81. The smallest absolute Gasteiger partial charge is 0.0957 e. The molecule has 0 saturated heterocycles. The van der Waals surface area contributed by atoms with Gasteiger partial charge in [-0.25, -0.2) is 0 Å². The lowest BCUT2D eigenvalue weighted by Gasteiger charge is -2.07. The molecule has 14 heavy (non-hydrogen) atoms. The summed E-state index contributed by atoms with van der Waals surface area (Å²) in [6, 6.07) is 5.32. The number of rotatable bonds is 4. The monoisotopic (exact) mass is 192 g/mol. The maximum Gasteiger partial charge on any atom is 0.0957 e. The highest BCUT2D eigenvalue weighted by Crippen LogP contribution is 2.13. The first kappa shape index (κ1) is 10.5. The molecule has 0 saturated carbocycles. The lowest BCUT2D eigenvalue weighted by molar-refractivity contribution is 0.168. The van der Waals surface area contributed by atoms with E-state index < -0.39 is 6.10 Å². The van der Waals surface area contributed by atoms with Crippen LogP contribution in [0.1, 0.15) is 30.8 Å². The van der Waals surface area contributed by atoms with E-state index in [-0.39, 0.29) is 6.54 Å². The van der Waals surface area contributed by atoms with E-state index in [9.17, 15) is 5.11 Å². The Labute approximate surface area is 82.0 Å². The molecule has 0 fully saturated rings. The summed E-state index contributed by atoms with van der Waals surface area (Å²) >= 11 is 0. The molecule has 0 spiro atoms. The Kier molecular flexibility index (Phi) is 3.91. The molecule has 1 atom stereocenters. The van der Waals surface area contributed by atoms with Crippen LogP contribution < -0.4 is 0 Å². The molecule has 1 aromatic heterocycles. The minimum absolute atomic E-state index is 0.223. The highest BCUT2D eigenvalue weighted by atomic mass is 16.3. The maximum atomic E-state index is 9.51. The first-order valence-electron chi connectivity index (χ1n) is 4.42. The van der Waals surface area contributed by atoms with Gasteiger partial charge < -0.3 is 5.11 Å². The van der Waals surface area contributed by atoms with Crippen LogP contribution in [-0.2, 0) is 6.54 Å². The van der Waals surface area contributed by atoms with Crippen LogP contribution >= 0.6 is 0 Å². The molecule has 0 radical (unpaired) electrons. The summed E-state index contributed by atoms with van der Waals surface area (Å²) in [6.45, 7) is 2.10. The summed E-state index contributed by atoms with van der Waals surface area (Å²) in [6.07, 6.45) is 0.0823. The quantitative estimate of drug-likeness (QED) is 0.451. The summed E-state index contributed by atoms with van der Waals surface area (Å²) < 4.78 is 0. The number of hydrogen-bond acceptors (Lipinski definition) is 3. The van der Waals surface area contributed by atoms with Crippen LogP contribution in [0.15, 0.2) is 23.3 Å². The van der Waals surface area contributed by atoms with E-state index in [1.54, 1.807) is 18.2 Å². The van der Waals surface area contributed by atoms with Crippen molar-refractivity contribution in [2.24, 2.45) is 5.11 Å². The second-order valence-electron chi connectivity index (χ2n) is 2.87. The molecule has 0 aliphatic heterocycles. The highest BCUT2D eigenvalue weighted by molar-refractivity contribution is 5.13. The summed E-state index contributed by atoms with van der Waals surface area (Å²) in [5.41, 5.74) is 9.43. The standard InChI is InChI=1S/C9H12N4O/c1-2-9(14)8-5-3-4-7(12-8)6-11-13-10/h3-5,9,14H,2,6H2,1H3.